The molecule has 7 heteroatoms. The van der Waals surface area contributed by atoms with Crippen molar-refractivity contribution >= 4 is 15.7 Å². The van der Waals surface area contributed by atoms with Gasteiger partial charge in [0, 0.05) is 24.8 Å². The summed E-state index contributed by atoms with van der Waals surface area (Å²) in [5.74, 6) is 0.448. The maximum absolute atomic E-state index is 11.5. The predicted molar refractivity (Wildman–Crippen MR) is 69.0 cm³/mol. The van der Waals surface area contributed by atoms with Gasteiger partial charge >= 0.3 is 0 Å². The summed E-state index contributed by atoms with van der Waals surface area (Å²) in [4.78, 5) is 1.87. The molecule has 0 rings (SSSR count). The molecule has 0 bridgehead atoms. The van der Waals surface area contributed by atoms with Crippen molar-refractivity contribution in [2.24, 2.45) is 16.8 Å². The van der Waals surface area contributed by atoms with Crippen molar-refractivity contribution in [3.63, 3.8) is 0 Å². The number of hydrogen-bond donors (Lipinski definition) is 2. The van der Waals surface area contributed by atoms with Gasteiger partial charge in [-0.15, -0.1) is 0 Å². The molecule has 0 amide bonds. The maximum atomic E-state index is 11.5. The van der Waals surface area contributed by atoms with E-state index < -0.39 is 9.84 Å². The molecule has 0 aliphatic heterocycles. The Balaban J connectivity index is 4.08. The molecule has 0 heterocycles. The number of nitrogens with zero attached hydrogens (tertiary/aromatic N) is 2. The zero-order valence-electron chi connectivity index (χ0n) is 10.8. The van der Waals surface area contributed by atoms with Crippen molar-refractivity contribution < 1.29 is 13.6 Å². The van der Waals surface area contributed by atoms with Crippen LogP contribution in [0.3, 0.4) is 0 Å². The zero-order chi connectivity index (χ0) is 13.5. The van der Waals surface area contributed by atoms with Crippen LogP contribution >= 0.6 is 0 Å². The smallest absolute Gasteiger partial charge is 0.151 e. The predicted octanol–water partition coefficient (Wildman–Crippen LogP) is 0.126. The Hall–Kier alpha value is -0.820. The second-order valence-corrected chi connectivity index (χ2v) is 6.64. The van der Waals surface area contributed by atoms with Crippen molar-refractivity contribution in [2.75, 3.05) is 31.6 Å². The highest BCUT2D eigenvalue weighted by molar-refractivity contribution is 7.91. The molecule has 0 saturated heterocycles. The van der Waals surface area contributed by atoms with Crippen LogP contribution in [-0.2, 0) is 9.84 Å². The Bertz CT molecular complexity index is 341. The molecular weight excluding hydrogens is 242 g/mol. The Morgan fingerprint density at radius 2 is 2.06 bits per heavy atom. The summed E-state index contributed by atoms with van der Waals surface area (Å²) < 4.78 is 23.0. The standard InChI is InChI=1S/C10H23N3O3S/c1-4-6-17(15,16)7-5-13(3)8-9(2)10(11)12-14/h9,14H,4-8H2,1-3H3,(H2,11,12). The fourth-order valence-corrected chi connectivity index (χ4v) is 2.87. The molecule has 3 N–H and O–H groups in total. The second kappa shape index (κ2) is 7.50. The Labute approximate surface area is 103 Å². The van der Waals surface area contributed by atoms with E-state index in [1.54, 1.807) is 0 Å². The quantitative estimate of drug-likeness (QED) is 0.281. The Morgan fingerprint density at radius 3 is 2.53 bits per heavy atom. The van der Waals surface area contributed by atoms with Gasteiger partial charge in [0.15, 0.2) is 9.84 Å². The lowest BCUT2D eigenvalue weighted by atomic mass is 10.1. The van der Waals surface area contributed by atoms with Gasteiger partial charge in [0.1, 0.15) is 5.84 Å². The summed E-state index contributed by atoms with van der Waals surface area (Å²) in [7, 11) is -1.12. The Morgan fingerprint density at radius 1 is 1.47 bits per heavy atom. The molecule has 1 atom stereocenters. The second-order valence-electron chi connectivity index (χ2n) is 4.34. The fraction of sp³-hybridized carbons (Fsp3) is 0.900. The normalized spacial score (nSPS) is 15.2. The topological polar surface area (TPSA) is 96.0 Å². The van der Waals surface area contributed by atoms with Gasteiger partial charge in [-0.3, -0.25) is 0 Å². The van der Waals surface area contributed by atoms with E-state index in [0.717, 1.165) is 0 Å². The Kier molecular flexibility index (Phi) is 7.13. The highest BCUT2D eigenvalue weighted by Gasteiger charge is 2.14. The van der Waals surface area contributed by atoms with Crippen molar-refractivity contribution in [3.05, 3.63) is 0 Å². The van der Waals surface area contributed by atoms with Gasteiger partial charge in [0.25, 0.3) is 0 Å². The third-order valence-electron chi connectivity index (χ3n) is 2.51. The van der Waals surface area contributed by atoms with Crippen molar-refractivity contribution in [1.29, 1.82) is 0 Å². The number of hydrogen-bond acceptors (Lipinski definition) is 5. The van der Waals surface area contributed by atoms with Gasteiger partial charge in [0.2, 0.25) is 0 Å². The maximum Gasteiger partial charge on any atom is 0.151 e. The van der Waals surface area contributed by atoms with Crippen molar-refractivity contribution in [3.8, 4) is 0 Å². The minimum absolute atomic E-state index is 0.0983. The average Bonchev–Trinajstić information content (AvgIpc) is 2.25. The zero-order valence-corrected chi connectivity index (χ0v) is 11.6. The average molecular weight is 265 g/mol. The van der Waals surface area contributed by atoms with Crippen molar-refractivity contribution in [2.45, 2.75) is 20.3 Å². The van der Waals surface area contributed by atoms with Crippen LogP contribution in [-0.4, -0.2) is 56.0 Å². The number of sulfone groups is 1. The lowest BCUT2D eigenvalue weighted by molar-refractivity contribution is 0.301. The van der Waals surface area contributed by atoms with Gasteiger partial charge in [0.05, 0.1) is 5.75 Å². The highest BCUT2D eigenvalue weighted by Crippen LogP contribution is 2.00. The molecule has 102 valence electrons. The van der Waals surface area contributed by atoms with Crippen LogP contribution in [0.2, 0.25) is 0 Å². The summed E-state index contributed by atoms with van der Waals surface area (Å²) in [6.07, 6.45) is 0.645. The third-order valence-corrected chi connectivity index (χ3v) is 4.34. The summed E-state index contributed by atoms with van der Waals surface area (Å²) in [6.45, 7) is 4.71. The first-order valence-electron chi connectivity index (χ1n) is 5.68. The number of rotatable bonds is 8. The molecule has 1 unspecified atom stereocenters. The summed E-state index contributed by atoms with van der Waals surface area (Å²) in [5.41, 5.74) is 5.45. The monoisotopic (exact) mass is 265 g/mol. The lowest BCUT2D eigenvalue weighted by Crippen LogP contribution is -2.35. The van der Waals surface area contributed by atoms with Gasteiger partial charge in [-0.1, -0.05) is 19.0 Å². The summed E-state index contributed by atoms with van der Waals surface area (Å²) >= 11 is 0. The van der Waals surface area contributed by atoms with Gasteiger partial charge in [-0.25, -0.2) is 8.42 Å². The first kappa shape index (κ1) is 16.2. The lowest BCUT2D eigenvalue weighted by Gasteiger charge is -2.20. The van der Waals surface area contributed by atoms with Crippen molar-refractivity contribution in [1.82, 2.24) is 4.90 Å². The number of amidine groups is 1. The van der Waals surface area contributed by atoms with E-state index in [2.05, 4.69) is 5.16 Å². The molecule has 0 fully saturated rings. The molecule has 0 aromatic carbocycles. The van der Waals surface area contributed by atoms with Crippen LogP contribution in [0.1, 0.15) is 20.3 Å². The summed E-state index contributed by atoms with van der Waals surface area (Å²) in [6, 6.07) is 0. The van der Waals surface area contributed by atoms with Gasteiger partial charge in [-0.05, 0) is 13.5 Å². The van der Waals surface area contributed by atoms with E-state index >= 15 is 0 Å². The largest absolute Gasteiger partial charge is 0.409 e. The highest BCUT2D eigenvalue weighted by atomic mass is 32.2. The molecule has 0 aliphatic rings. The van der Waals surface area contributed by atoms with E-state index in [9.17, 15) is 8.42 Å². The molecule has 0 aliphatic carbocycles. The first-order valence-corrected chi connectivity index (χ1v) is 7.51. The minimum Gasteiger partial charge on any atom is -0.409 e. The van der Waals surface area contributed by atoms with Gasteiger partial charge < -0.3 is 15.8 Å². The van der Waals surface area contributed by atoms with Crippen LogP contribution < -0.4 is 5.73 Å². The molecule has 0 radical (unpaired) electrons. The van der Waals surface area contributed by atoms with Gasteiger partial charge in [-0.2, -0.15) is 0 Å². The molecule has 6 nitrogen and oxygen atoms in total. The third kappa shape index (κ3) is 7.17. The molecule has 0 aromatic heterocycles. The molecule has 0 aromatic rings. The fourth-order valence-electron chi connectivity index (χ4n) is 1.46. The molecular formula is C10H23N3O3S. The SMILES string of the molecule is CCCS(=O)(=O)CCN(C)CC(C)C(N)=NO. The molecule has 0 spiro atoms. The number of oxime groups is 1. The summed E-state index contributed by atoms with van der Waals surface area (Å²) in [5, 5.41) is 11.4. The van der Waals surface area contributed by atoms with E-state index in [0.29, 0.717) is 19.5 Å². The van der Waals surface area contributed by atoms with E-state index in [-0.39, 0.29) is 23.3 Å². The first-order chi connectivity index (χ1) is 7.82. The molecule has 0 saturated carbocycles. The van der Waals surface area contributed by atoms with Crippen LogP contribution in [0, 0.1) is 5.92 Å². The van der Waals surface area contributed by atoms with Crippen LogP contribution in [0.5, 0.6) is 0 Å². The van der Waals surface area contributed by atoms with Crippen LogP contribution in [0.15, 0.2) is 5.16 Å². The van der Waals surface area contributed by atoms with Crippen LogP contribution in [0.4, 0.5) is 0 Å². The minimum atomic E-state index is -2.94. The number of nitrogens with two attached hydrogens (primary N) is 1. The van der Waals surface area contributed by atoms with E-state index in [1.807, 2.05) is 25.8 Å². The molecule has 17 heavy (non-hydrogen) atoms. The van der Waals surface area contributed by atoms with Crippen LogP contribution in [0.25, 0.3) is 0 Å². The van der Waals surface area contributed by atoms with E-state index in [4.69, 9.17) is 10.9 Å². The van der Waals surface area contributed by atoms with E-state index in [1.165, 1.54) is 0 Å².